The van der Waals surface area contributed by atoms with Gasteiger partial charge in [0.1, 0.15) is 0 Å². The zero-order chi connectivity index (χ0) is 10.3. The van der Waals surface area contributed by atoms with Gasteiger partial charge < -0.3 is 5.73 Å². The van der Waals surface area contributed by atoms with Crippen LogP contribution in [0.3, 0.4) is 0 Å². The minimum atomic E-state index is 0.272. The predicted molar refractivity (Wildman–Crippen MR) is 60.3 cm³/mol. The van der Waals surface area contributed by atoms with Gasteiger partial charge in [0.05, 0.1) is 0 Å². The van der Waals surface area contributed by atoms with Crippen molar-refractivity contribution in [2.75, 3.05) is 0 Å². The van der Waals surface area contributed by atoms with Crippen molar-refractivity contribution in [1.82, 2.24) is 0 Å². The third-order valence-electron chi connectivity index (χ3n) is 3.37. The smallest absolute Gasteiger partial charge is 0.0326 e. The first-order valence-electron chi connectivity index (χ1n) is 5.43. The summed E-state index contributed by atoms with van der Waals surface area (Å²) in [4.78, 5) is 0. The molecule has 0 saturated heterocycles. The molecule has 0 aromatic heterocycles. The van der Waals surface area contributed by atoms with Gasteiger partial charge in [-0.05, 0) is 61.8 Å². The van der Waals surface area contributed by atoms with Crippen LogP contribution in [0.15, 0.2) is 12.1 Å². The van der Waals surface area contributed by atoms with Crippen LogP contribution in [0.5, 0.6) is 0 Å². The molecule has 0 heterocycles. The van der Waals surface area contributed by atoms with E-state index in [1.54, 1.807) is 0 Å². The van der Waals surface area contributed by atoms with Crippen LogP contribution < -0.4 is 5.73 Å². The molecule has 0 spiro atoms. The average Bonchev–Trinajstić information content (AvgIpc) is 2.93. The van der Waals surface area contributed by atoms with Gasteiger partial charge in [0.2, 0.25) is 0 Å². The lowest BCUT2D eigenvalue weighted by molar-refractivity contribution is 0.629. The van der Waals surface area contributed by atoms with Gasteiger partial charge in [0.15, 0.2) is 0 Å². The molecule has 76 valence electrons. The molecule has 0 unspecified atom stereocenters. The van der Waals surface area contributed by atoms with Gasteiger partial charge in [-0.3, -0.25) is 0 Å². The Kier molecular flexibility index (Phi) is 2.36. The van der Waals surface area contributed by atoms with Gasteiger partial charge in [-0.15, -0.1) is 0 Å². The second-order valence-electron chi connectivity index (χ2n) is 4.66. The fourth-order valence-corrected chi connectivity index (χ4v) is 2.05. The number of hydrogen-bond acceptors (Lipinski definition) is 1. The summed E-state index contributed by atoms with van der Waals surface area (Å²) in [5.41, 5.74) is 11.7. The van der Waals surface area contributed by atoms with Gasteiger partial charge in [-0.1, -0.05) is 12.1 Å². The summed E-state index contributed by atoms with van der Waals surface area (Å²) in [5.74, 6) is 0.746. The lowest BCUT2D eigenvalue weighted by Gasteiger charge is -2.16. The molecular weight excluding hydrogens is 170 g/mol. The highest BCUT2D eigenvalue weighted by atomic mass is 14.7. The number of nitrogens with two attached hydrogens (primary N) is 1. The maximum atomic E-state index is 6.22. The second kappa shape index (κ2) is 3.39. The number of aryl methyl sites for hydroxylation is 3. The number of benzene rings is 1. The molecule has 0 bridgehead atoms. The van der Waals surface area contributed by atoms with Crippen molar-refractivity contribution in [3.05, 3.63) is 34.4 Å². The summed E-state index contributed by atoms with van der Waals surface area (Å²) in [6, 6.07) is 4.80. The zero-order valence-electron chi connectivity index (χ0n) is 9.30. The van der Waals surface area contributed by atoms with E-state index in [9.17, 15) is 0 Å². The van der Waals surface area contributed by atoms with Gasteiger partial charge in [0, 0.05) is 6.04 Å². The topological polar surface area (TPSA) is 26.0 Å². The number of rotatable bonds is 2. The van der Waals surface area contributed by atoms with Crippen LogP contribution in [0.1, 0.15) is 41.1 Å². The maximum Gasteiger partial charge on any atom is 0.0326 e. The third-order valence-corrected chi connectivity index (χ3v) is 3.37. The molecular formula is C13H19N. The molecule has 0 aliphatic heterocycles. The second-order valence-corrected chi connectivity index (χ2v) is 4.66. The molecule has 1 nitrogen and oxygen atoms in total. The summed E-state index contributed by atoms with van der Waals surface area (Å²) in [5, 5.41) is 0. The van der Waals surface area contributed by atoms with Crippen molar-refractivity contribution < 1.29 is 0 Å². The fourth-order valence-electron chi connectivity index (χ4n) is 2.05. The largest absolute Gasteiger partial charge is 0.324 e. The first-order chi connectivity index (χ1) is 6.59. The molecule has 1 aromatic carbocycles. The Balaban J connectivity index is 2.36. The molecule has 1 atom stereocenters. The first-order valence-corrected chi connectivity index (χ1v) is 5.43. The Bertz CT molecular complexity index is 350. The van der Waals surface area contributed by atoms with E-state index >= 15 is 0 Å². The SMILES string of the molecule is Cc1cc(C)c([C@H](N)C2CC2)cc1C. The highest BCUT2D eigenvalue weighted by molar-refractivity contribution is 5.38. The molecule has 1 aliphatic carbocycles. The Hall–Kier alpha value is -0.820. The molecule has 2 N–H and O–H groups in total. The minimum Gasteiger partial charge on any atom is -0.324 e. The predicted octanol–water partition coefficient (Wildman–Crippen LogP) is 3.02. The van der Waals surface area contributed by atoms with E-state index in [1.807, 2.05) is 0 Å². The van der Waals surface area contributed by atoms with Crippen LogP contribution in [0.25, 0.3) is 0 Å². The third kappa shape index (κ3) is 1.69. The van der Waals surface area contributed by atoms with Crippen LogP contribution in [-0.2, 0) is 0 Å². The molecule has 0 amide bonds. The monoisotopic (exact) mass is 189 g/mol. The minimum absolute atomic E-state index is 0.272. The van der Waals surface area contributed by atoms with Gasteiger partial charge in [-0.2, -0.15) is 0 Å². The van der Waals surface area contributed by atoms with Crippen LogP contribution in [-0.4, -0.2) is 0 Å². The molecule has 1 aliphatic rings. The van der Waals surface area contributed by atoms with E-state index < -0.39 is 0 Å². The Morgan fingerprint density at radius 3 is 2.21 bits per heavy atom. The van der Waals surface area contributed by atoms with Crippen LogP contribution in [0, 0.1) is 26.7 Å². The lowest BCUT2D eigenvalue weighted by atomic mass is 9.94. The van der Waals surface area contributed by atoms with Crippen molar-refractivity contribution >= 4 is 0 Å². The molecule has 1 fully saturated rings. The summed E-state index contributed by atoms with van der Waals surface area (Å²) >= 11 is 0. The van der Waals surface area contributed by atoms with Crippen molar-refractivity contribution in [2.24, 2.45) is 11.7 Å². The zero-order valence-corrected chi connectivity index (χ0v) is 9.30. The van der Waals surface area contributed by atoms with E-state index in [0.717, 1.165) is 5.92 Å². The molecule has 1 heteroatoms. The summed E-state index contributed by atoms with van der Waals surface area (Å²) in [7, 11) is 0. The molecule has 14 heavy (non-hydrogen) atoms. The van der Waals surface area contributed by atoms with E-state index in [2.05, 4.69) is 32.9 Å². The van der Waals surface area contributed by atoms with Crippen molar-refractivity contribution in [2.45, 2.75) is 39.7 Å². The summed E-state index contributed by atoms with van der Waals surface area (Å²) in [6.07, 6.45) is 2.63. The van der Waals surface area contributed by atoms with Gasteiger partial charge in [-0.25, -0.2) is 0 Å². The fraction of sp³-hybridized carbons (Fsp3) is 0.538. The molecule has 0 radical (unpaired) electrons. The lowest BCUT2D eigenvalue weighted by Crippen LogP contribution is -2.14. The maximum absolute atomic E-state index is 6.22. The molecule has 2 rings (SSSR count). The number of hydrogen-bond donors (Lipinski definition) is 1. The Morgan fingerprint density at radius 1 is 1.07 bits per heavy atom. The quantitative estimate of drug-likeness (QED) is 0.760. The highest BCUT2D eigenvalue weighted by Gasteiger charge is 2.30. The molecule has 1 saturated carbocycles. The van der Waals surface area contributed by atoms with Crippen LogP contribution >= 0.6 is 0 Å². The normalized spacial score (nSPS) is 18.3. The van der Waals surface area contributed by atoms with Crippen molar-refractivity contribution in [3.8, 4) is 0 Å². The Morgan fingerprint density at radius 2 is 1.64 bits per heavy atom. The van der Waals surface area contributed by atoms with Crippen molar-refractivity contribution in [3.63, 3.8) is 0 Å². The van der Waals surface area contributed by atoms with E-state index in [-0.39, 0.29) is 6.04 Å². The van der Waals surface area contributed by atoms with E-state index in [1.165, 1.54) is 35.1 Å². The van der Waals surface area contributed by atoms with Gasteiger partial charge >= 0.3 is 0 Å². The summed E-state index contributed by atoms with van der Waals surface area (Å²) < 4.78 is 0. The highest BCUT2D eigenvalue weighted by Crippen LogP contribution is 2.40. The average molecular weight is 189 g/mol. The summed E-state index contributed by atoms with van der Waals surface area (Å²) in [6.45, 7) is 6.50. The Labute approximate surface area is 86.3 Å². The van der Waals surface area contributed by atoms with Crippen LogP contribution in [0.4, 0.5) is 0 Å². The molecule has 1 aromatic rings. The first kappa shape index (κ1) is 9.72. The van der Waals surface area contributed by atoms with Crippen molar-refractivity contribution in [1.29, 1.82) is 0 Å². The standard InChI is InChI=1S/C13H19N/c1-8-6-10(3)12(7-9(8)2)13(14)11-4-5-11/h6-7,11,13H,4-5,14H2,1-3H3/t13-/m1/s1. The van der Waals surface area contributed by atoms with E-state index in [4.69, 9.17) is 5.73 Å². The van der Waals surface area contributed by atoms with E-state index in [0.29, 0.717) is 0 Å². The van der Waals surface area contributed by atoms with Crippen LogP contribution in [0.2, 0.25) is 0 Å². The van der Waals surface area contributed by atoms with Gasteiger partial charge in [0.25, 0.3) is 0 Å².